The van der Waals surface area contributed by atoms with Crippen molar-refractivity contribution in [1.82, 2.24) is 0 Å². The first kappa shape index (κ1) is 29.2. The summed E-state index contributed by atoms with van der Waals surface area (Å²) in [5, 5.41) is 0. The number of hydrogen-bond donors (Lipinski definition) is 0. The first-order valence-corrected chi connectivity index (χ1v) is 13.5. The molecule has 0 fully saturated rings. The molecular formula is C35H32O6. The van der Waals surface area contributed by atoms with Gasteiger partial charge in [0.1, 0.15) is 12.7 Å². The van der Waals surface area contributed by atoms with Gasteiger partial charge < -0.3 is 9.47 Å². The lowest BCUT2D eigenvalue weighted by molar-refractivity contribution is -0.159. The average Bonchev–Trinajstić information content (AvgIpc) is 3.03. The number of ether oxygens (including phenoxy) is 2. The molecule has 4 aromatic rings. The summed E-state index contributed by atoms with van der Waals surface area (Å²) in [6, 6.07) is 31.7. The Hall–Kier alpha value is -4.84. The van der Waals surface area contributed by atoms with E-state index in [0.717, 1.165) is 0 Å². The zero-order valence-corrected chi connectivity index (χ0v) is 23.3. The van der Waals surface area contributed by atoms with Crippen LogP contribution >= 0.6 is 0 Å². The van der Waals surface area contributed by atoms with Crippen molar-refractivity contribution >= 4 is 23.5 Å². The SMILES string of the molecule is CC(COC(=O)C(C)c1cccc(C(=O)c2ccccc2)c1)OC(=O)C(C)c1cccc(C(=O)c2ccccc2)c1. The van der Waals surface area contributed by atoms with Crippen molar-refractivity contribution < 1.29 is 28.7 Å². The lowest BCUT2D eigenvalue weighted by atomic mass is 9.95. The van der Waals surface area contributed by atoms with E-state index in [1.54, 1.807) is 118 Å². The molecule has 0 saturated carbocycles. The Bertz CT molecular complexity index is 1530. The van der Waals surface area contributed by atoms with Gasteiger partial charge in [0.15, 0.2) is 11.6 Å². The number of hydrogen-bond acceptors (Lipinski definition) is 6. The molecule has 0 aliphatic heterocycles. The van der Waals surface area contributed by atoms with Crippen molar-refractivity contribution in [2.75, 3.05) is 6.61 Å². The van der Waals surface area contributed by atoms with Crippen LogP contribution < -0.4 is 0 Å². The third-order valence-electron chi connectivity index (χ3n) is 6.85. The van der Waals surface area contributed by atoms with Crippen LogP contribution in [0.15, 0.2) is 109 Å². The second-order valence-electron chi connectivity index (χ2n) is 9.96. The van der Waals surface area contributed by atoms with Gasteiger partial charge in [0, 0.05) is 22.3 Å². The summed E-state index contributed by atoms with van der Waals surface area (Å²) in [6.45, 7) is 4.95. The minimum Gasteiger partial charge on any atom is -0.461 e. The summed E-state index contributed by atoms with van der Waals surface area (Å²) in [5.74, 6) is -2.48. The molecule has 0 aromatic heterocycles. The smallest absolute Gasteiger partial charge is 0.313 e. The summed E-state index contributed by atoms with van der Waals surface area (Å²) in [7, 11) is 0. The van der Waals surface area contributed by atoms with Gasteiger partial charge in [0.2, 0.25) is 0 Å². The first-order chi connectivity index (χ1) is 19.7. The number of esters is 2. The van der Waals surface area contributed by atoms with Crippen molar-refractivity contribution in [2.24, 2.45) is 0 Å². The van der Waals surface area contributed by atoms with Crippen LogP contribution in [0.2, 0.25) is 0 Å². The third kappa shape index (κ3) is 7.42. The van der Waals surface area contributed by atoms with Gasteiger partial charge in [0.25, 0.3) is 0 Å². The molecule has 0 bridgehead atoms. The lowest BCUT2D eigenvalue weighted by Gasteiger charge is -2.19. The summed E-state index contributed by atoms with van der Waals surface area (Å²) in [4.78, 5) is 51.2. The van der Waals surface area contributed by atoms with Gasteiger partial charge in [-0.1, -0.05) is 97.1 Å². The third-order valence-corrected chi connectivity index (χ3v) is 6.85. The molecule has 0 N–H and O–H groups in total. The Morgan fingerprint density at radius 1 is 0.537 bits per heavy atom. The largest absolute Gasteiger partial charge is 0.461 e. The van der Waals surface area contributed by atoms with E-state index in [-0.39, 0.29) is 18.2 Å². The van der Waals surface area contributed by atoms with E-state index in [9.17, 15) is 19.2 Å². The molecule has 0 aliphatic rings. The van der Waals surface area contributed by atoms with Crippen LogP contribution in [0.3, 0.4) is 0 Å². The van der Waals surface area contributed by atoms with Crippen LogP contribution in [0.5, 0.6) is 0 Å². The molecular weight excluding hydrogens is 516 g/mol. The Balaban J connectivity index is 1.31. The normalized spacial score (nSPS) is 13.0. The van der Waals surface area contributed by atoms with E-state index in [4.69, 9.17) is 9.47 Å². The summed E-state index contributed by atoms with van der Waals surface area (Å²) < 4.78 is 11.0. The predicted molar refractivity (Wildman–Crippen MR) is 156 cm³/mol. The van der Waals surface area contributed by atoms with Crippen molar-refractivity contribution in [2.45, 2.75) is 38.7 Å². The maximum absolute atomic E-state index is 12.8. The van der Waals surface area contributed by atoms with Crippen molar-refractivity contribution in [3.63, 3.8) is 0 Å². The lowest BCUT2D eigenvalue weighted by Crippen LogP contribution is -2.26. The van der Waals surface area contributed by atoms with E-state index in [1.807, 2.05) is 12.1 Å². The number of carbonyl (C=O) groups excluding carboxylic acids is 4. The highest BCUT2D eigenvalue weighted by atomic mass is 16.6. The number of rotatable bonds is 11. The molecule has 0 spiro atoms. The van der Waals surface area contributed by atoms with Crippen LogP contribution in [-0.2, 0) is 19.1 Å². The molecule has 3 atom stereocenters. The van der Waals surface area contributed by atoms with Gasteiger partial charge in [-0.3, -0.25) is 19.2 Å². The van der Waals surface area contributed by atoms with Crippen LogP contribution in [0, 0.1) is 0 Å². The highest BCUT2D eigenvalue weighted by molar-refractivity contribution is 6.09. The van der Waals surface area contributed by atoms with Gasteiger partial charge in [-0.2, -0.15) is 0 Å². The van der Waals surface area contributed by atoms with Crippen LogP contribution in [0.25, 0.3) is 0 Å². The maximum Gasteiger partial charge on any atom is 0.313 e. The highest BCUT2D eigenvalue weighted by Gasteiger charge is 2.23. The first-order valence-electron chi connectivity index (χ1n) is 13.5. The van der Waals surface area contributed by atoms with Gasteiger partial charge in [0.05, 0.1) is 11.8 Å². The molecule has 0 heterocycles. The van der Waals surface area contributed by atoms with E-state index < -0.39 is 29.9 Å². The van der Waals surface area contributed by atoms with Crippen LogP contribution in [-0.4, -0.2) is 36.2 Å². The molecule has 0 radical (unpaired) electrons. The Kier molecular flexibility index (Phi) is 9.59. The molecule has 0 amide bonds. The second-order valence-corrected chi connectivity index (χ2v) is 9.96. The molecule has 208 valence electrons. The average molecular weight is 549 g/mol. The molecule has 4 aromatic carbocycles. The topological polar surface area (TPSA) is 86.7 Å². The van der Waals surface area contributed by atoms with Gasteiger partial charge in [-0.05, 0) is 44.0 Å². The monoisotopic (exact) mass is 548 g/mol. The molecule has 0 saturated heterocycles. The molecule has 6 nitrogen and oxygen atoms in total. The molecule has 6 heteroatoms. The second kappa shape index (κ2) is 13.5. The molecule has 41 heavy (non-hydrogen) atoms. The quantitative estimate of drug-likeness (QED) is 0.156. The summed E-state index contributed by atoms with van der Waals surface area (Å²) in [6.07, 6.45) is -0.679. The Labute approximate surface area is 239 Å². The fourth-order valence-corrected chi connectivity index (χ4v) is 4.34. The van der Waals surface area contributed by atoms with E-state index in [1.165, 1.54) is 0 Å². The van der Waals surface area contributed by atoms with E-state index >= 15 is 0 Å². The fraction of sp³-hybridized carbons (Fsp3) is 0.200. The number of ketones is 2. The summed E-state index contributed by atoms with van der Waals surface area (Å²) >= 11 is 0. The van der Waals surface area contributed by atoms with Gasteiger partial charge in [-0.15, -0.1) is 0 Å². The highest BCUT2D eigenvalue weighted by Crippen LogP contribution is 2.22. The van der Waals surface area contributed by atoms with E-state index in [0.29, 0.717) is 33.4 Å². The van der Waals surface area contributed by atoms with Crippen LogP contribution in [0.4, 0.5) is 0 Å². The minimum atomic E-state index is -0.679. The number of carbonyl (C=O) groups is 4. The minimum absolute atomic E-state index is 0.114. The zero-order valence-electron chi connectivity index (χ0n) is 23.3. The van der Waals surface area contributed by atoms with Crippen molar-refractivity contribution in [3.8, 4) is 0 Å². The van der Waals surface area contributed by atoms with Crippen molar-refractivity contribution in [3.05, 3.63) is 143 Å². The number of benzene rings is 4. The Morgan fingerprint density at radius 3 is 1.41 bits per heavy atom. The Morgan fingerprint density at radius 2 is 0.951 bits per heavy atom. The standard InChI is InChI=1S/C35H32O6/c1-23(41-35(39)25(3)29-17-11-19-31(21-29)33(37)27-14-8-5-9-15-27)22-40-34(38)24(2)28-16-10-18-30(20-28)32(36)26-12-6-4-7-13-26/h4-21,23-25H,22H2,1-3H3. The van der Waals surface area contributed by atoms with Crippen LogP contribution in [0.1, 0.15) is 75.6 Å². The zero-order chi connectivity index (χ0) is 29.4. The molecule has 0 aliphatic carbocycles. The fourth-order valence-electron chi connectivity index (χ4n) is 4.34. The summed E-state index contributed by atoms with van der Waals surface area (Å²) in [5.41, 5.74) is 3.41. The predicted octanol–water partition coefficient (Wildman–Crippen LogP) is 6.53. The maximum atomic E-state index is 12.8. The molecule has 4 rings (SSSR count). The van der Waals surface area contributed by atoms with Gasteiger partial charge in [-0.25, -0.2) is 0 Å². The van der Waals surface area contributed by atoms with Gasteiger partial charge >= 0.3 is 11.9 Å². The molecule has 3 unspecified atom stereocenters. The van der Waals surface area contributed by atoms with E-state index in [2.05, 4.69) is 0 Å². The van der Waals surface area contributed by atoms with Crippen molar-refractivity contribution in [1.29, 1.82) is 0 Å².